The van der Waals surface area contributed by atoms with Crippen LogP contribution in [0.15, 0.2) is 24.3 Å². The van der Waals surface area contributed by atoms with Crippen LogP contribution in [0.3, 0.4) is 0 Å². The van der Waals surface area contributed by atoms with E-state index in [9.17, 15) is 0 Å². The van der Waals surface area contributed by atoms with Crippen LogP contribution in [0.5, 0.6) is 5.75 Å². The first-order valence-electron chi connectivity index (χ1n) is 3.25. The van der Waals surface area contributed by atoms with Gasteiger partial charge in [-0.05, 0) is 28.1 Å². The molecular formula is C8H7BrCl2O. The number of rotatable bonds is 2. The van der Waals surface area contributed by atoms with Gasteiger partial charge < -0.3 is 4.74 Å². The Morgan fingerprint density at radius 2 is 2.08 bits per heavy atom. The largest absolute Gasteiger partial charge is 0.497 e. The standard InChI is InChI=1S/C8H7BrCl2O/c1-12-7-4-2-3-6(5-7)8(9,10)11/h2-5H,1H3. The monoisotopic (exact) mass is 268 g/mol. The van der Waals surface area contributed by atoms with Gasteiger partial charge in [0.15, 0.2) is 3.24 Å². The second kappa shape index (κ2) is 3.86. The first-order valence-corrected chi connectivity index (χ1v) is 4.80. The van der Waals surface area contributed by atoms with Gasteiger partial charge in [0.2, 0.25) is 0 Å². The van der Waals surface area contributed by atoms with Crippen LogP contribution >= 0.6 is 39.1 Å². The van der Waals surface area contributed by atoms with Gasteiger partial charge in [-0.25, -0.2) is 0 Å². The average Bonchev–Trinajstić information content (AvgIpc) is 2.03. The van der Waals surface area contributed by atoms with Crippen molar-refractivity contribution in [2.24, 2.45) is 0 Å². The van der Waals surface area contributed by atoms with E-state index < -0.39 is 3.24 Å². The molecule has 0 atom stereocenters. The fourth-order valence-corrected chi connectivity index (χ4v) is 1.28. The Morgan fingerprint density at radius 1 is 1.42 bits per heavy atom. The fraction of sp³-hybridized carbons (Fsp3) is 0.250. The second-order valence-electron chi connectivity index (χ2n) is 2.23. The van der Waals surface area contributed by atoms with E-state index in [-0.39, 0.29) is 0 Å². The molecule has 0 aromatic heterocycles. The van der Waals surface area contributed by atoms with Crippen LogP contribution in [-0.4, -0.2) is 7.11 Å². The predicted molar refractivity (Wildman–Crippen MR) is 55.3 cm³/mol. The molecule has 0 bridgehead atoms. The van der Waals surface area contributed by atoms with Crippen molar-refractivity contribution in [3.8, 4) is 5.75 Å². The lowest BCUT2D eigenvalue weighted by atomic mass is 10.2. The summed E-state index contributed by atoms with van der Waals surface area (Å²) in [7, 11) is 1.59. The molecule has 0 N–H and O–H groups in total. The normalized spacial score (nSPS) is 11.3. The number of hydrogen-bond acceptors (Lipinski definition) is 1. The summed E-state index contributed by atoms with van der Waals surface area (Å²) in [6, 6.07) is 7.25. The molecule has 0 fully saturated rings. The highest BCUT2D eigenvalue weighted by molar-refractivity contribution is 9.10. The van der Waals surface area contributed by atoms with Crippen molar-refractivity contribution in [2.45, 2.75) is 3.24 Å². The first kappa shape index (κ1) is 10.2. The van der Waals surface area contributed by atoms with Crippen LogP contribution in [0, 0.1) is 0 Å². The van der Waals surface area contributed by atoms with Crippen molar-refractivity contribution >= 4 is 39.1 Å². The van der Waals surface area contributed by atoms with Crippen molar-refractivity contribution in [3.05, 3.63) is 29.8 Å². The van der Waals surface area contributed by atoms with Crippen LogP contribution in [0.4, 0.5) is 0 Å². The highest BCUT2D eigenvalue weighted by Crippen LogP contribution is 2.41. The van der Waals surface area contributed by atoms with E-state index in [0.717, 1.165) is 11.3 Å². The van der Waals surface area contributed by atoms with Gasteiger partial charge in [-0.2, -0.15) is 0 Å². The molecule has 4 heteroatoms. The third kappa shape index (κ3) is 2.54. The molecule has 0 saturated heterocycles. The van der Waals surface area contributed by atoms with Gasteiger partial charge in [0.1, 0.15) is 5.75 Å². The molecule has 0 aliphatic carbocycles. The molecule has 66 valence electrons. The fourth-order valence-electron chi connectivity index (χ4n) is 0.799. The highest BCUT2D eigenvalue weighted by Gasteiger charge is 2.21. The minimum atomic E-state index is -1.04. The minimum Gasteiger partial charge on any atom is -0.497 e. The Bertz CT molecular complexity index is 270. The first-order chi connectivity index (χ1) is 5.54. The number of methoxy groups -OCH3 is 1. The highest BCUT2D eigenvalue weighted by atomic mass is 79.9. The molecule has 0 heterocycles. The third-order valence-corrected chi connectivity index (χ3v) is 2.29. The Hall–Kier alpha value is 0.0800. The number of hydrogen-bond donors (Lipinski definition) is 0. The zero-order valence-corrected chi connectivity index (χ0v) is 9.45. The Morgan fingerprint density at radius 3 is 2.58 bits per heavy atom. The molecule has 1 nitrogen and oxygen atoms in total. The maximum atomic E-state index is 5.81. The molecule has 0 radical (unpaired) electrons. The number of benzene rings is 1. The molecule has 0 aliphatic rings. The summed E-state index contributed by atoms with van der Waals surface area (Å²) in [5, 5.41) is 0. The number of ether oxygens (including phenoxy) is 1. The zero-order valence-electron chi connectivity index (χ0n) is 6.35. The van der Waals surface area contributed by atoms with E-state index in [1.54, 1.807) is 13.2 Å². The summed E-state index contributed by atoms with van der Waals surface area (Å²) >= 11 is 14.8. The van der Waals surface area contributed by atoms with Gasteiger partial charge in [-0.3, -0.25) is 0 Å². The lowest BCUT2D eigenvalue weighted by molar-refractivity contribution is 0.414. The van der Waals surface area contributed by atoms with E-state index in [1.165, 1.54) is 0 Å². The van der Waals surface area contributed by atoms with Crippen LogP contribution in [0.2, 0.25) is 0 Å². The smallest absolute Gasteiger partial charge is 0.197 e. The van der Waals surface area contributed by atoms with Crippen molar-refractivity contribution in [1.29, 1.82) is 0 Å². The molecule has 0 unspecified atom stereocenters. The van der Waals surface area contributed by atoms with E-state index >= 15 is 0 Å². The summed E-state index contributed by atoms with van der Waals surface area (Å²) in [6.45, 7) is 0. The third-order valence-electron chi connectivity index (χ3n) is 1.40. The van der Waals surface area contributed by atoms with Crippen molar-refractivity contribution in [2.75, 3.05) is 7.11 Å². The quantitative estimate of drug-likeness (QED) is 0.745. The molecule has 0 aliphatic heterocycles. The van der Waals surface area contributed by atoms with Gasteiger partial charge in [0.25, 0.3) is 0 Å². The second-order valence-corrected chi connectivity index (χ2v) is 5.66. The van der Waals surface area contributed by atoms with Gasteiger partial charge in [-0.15, -0.1) is 0 Å². The maximum Gasteiger partial charge on any atom is 0.197 e. The van der Waals surface area contributed by atoms with Crippen LogP contribution < -0.4 is 4.74 Å². The summed E-state index contributed by atoms with van der Waals surface area (Å²) in [4.78, 5) is 0. The van der Waals surface area contributed by atoms with Gasteiger partial charge in [0.05, 0.1) is 7.11 Å². The summed E-state index contributed by atoms with van der Waals surface area (Å²) < 4.78 is 3.97. The van der Waals surface area contributed by atoms with Crippen LogP contribution in [0.1, 0.15) is 5.56 Å². The predicted octanol–water partition coefficient (Wildman–Crippen LogP) is 3.68. The SMILES string of the molecule is COc1cccc(C(Cl)(Cl)Br)c1. The molecule has 0 amide bonds. The lowest BCUT2D eigenvalue weighted by Crippen LogP contribution is -1.98. The minimum absolute atomic E-state index is 0.734. The Kier molecular flexibility index (Phi) is 3.27. The molecule has 1 aromatic carbocycles. The molecule has 12 heavy (non-hydrogen) atoms. The molecule has 0 spiro atoms. The Labute approximate surface area is 89.7 Å². The van der Waals surface area contributed by atoms with E-state index in [1.807, 2.05) is 18.2 Å². The van der Waals surface area contributed by atoms with Crippen LogP contribution in [0.25, 0.3) is 0 Å². The lowest BCUT2D eigenvalue weighted by Gasteiger charge is -2.12. The summed E-state index contributed by atoms with van der Waals surface area (Å²) in [6.07, 6.45) is 0. The van der Waals surface area contributed by atoms with Crippen molar-refractivity contribution < 1.29 is 4.74 Å². The van der Waals surface area contributed by atoms with Crippen molar-refractivity contribution in [1.82, 2.24) is 0 Å². The topological polar surface area (TPSA) is 9.23 Å². The molecule has 0 saturated carbocycles. The maximum absolute atomic E-state index is 5.81. The van der Waals surface area contributed by atoms with Gasteiger partial charge >= 0.3 is 0 Å². The van der Waals surface area contributed by atoms with E-state index in [2.05, 4.69) is 15.9 Å². The zero-order chi connectivity index (χ0) is 9.19. The summed E-state index contributed by atoms with van der Waals surface area (Å²) in [5.74, 6) is 0.734. The van der Waals surface area contributed by atoms with Crippen molar-refractivity contribution in [3.63, 3.8) is 0 Å². The average molecular weight is 270 g/mol. The Balaban J connectivity index is 3.02. The molecular weight excluding hydrogens is 263 g/mol. The van der Waals surface area contributed by atoms with Crippen LogP contribution in [-0.2, 0) is 3.24 Å². The van der Waals surface area contributed by atoms with E-state index in [0.29, 0.717) is 0 Å². The van der Waals surface area contributed by atoms with E-state index in [4.69, 9.17) is 27.9 Å². The molecule has 1 aromatic rings. The molecule has 1 rings (SSSR count). The number of alkyl halides is 3. The number of halogens is 3. The van der Waals surface area contributed by atoms with Gasteiger partial charge in [0, 0.05) is 5.56 Å². The summed E-state index contributed by atoms with van der Waals surface area (Å²) in [5.41, 5.74) is 0.755. The van der Waals surface area contributed by atoms with Gasteiger partial charge in [-0.1, -0.05) is 35.3 Å².